The van der Waals surface area contributed by atoms with Crippen LogP contribution in [0.5, 0.6) is 0 Å². The highest BCUT2D eigenvalue weighted by molar-refractivity contribution is 5.85. The van der Waals surface area contributed by atoms with Crippen molar-refractivity contribution >= 4 is 30.7 Å². The van der Waals surface area contributed by atoms with Gasteiger partial charge in [0, 0.05) is 39.3 Å². The fourth-order valence-electron chi connectivity index (χ4n) is 3.93. The molecule has 0 aromatic heterocycles. The molecule has 0 saturated carbocycles. The molecule has 3 fully saturated rings. The topological polar surface area (TPSA) is 56.8 Å². The Morgan fingerprint density at radius 2 is 1.92 bits per heavy atom. The third-order valence-corrected chi connectivity index (χ3v) is 5.94. The van der Waals surface area contributed by atoms with E-state index in [1.54, 1.807) is 0 Å². The van der Waals surface area contributed by atoms with Gasteiger partial charge < -0.3 is 20.3 Å². The first-order valence-electron chi connectivity index (χ1n) is 9.55. The van der Waals surface area contributed by atoms with Gasteiger partial charge in [-0.2, -0.15) is 0 Å². The quantitative estimate of drug-likeness (QED) is 0.683. The molecule has 3 saturated heterocycles. The summed E-state index contributed by atoms with van der Waals surface area (Å²) in [4.78, 5) is 16.9. The summed E-state index contributed by atoms with van der Waals surface area (Å²) in [5.74, 6) is 0.374. The van der Waals surface area contributed by atoms with Crippen molar-refractivity contribution in [2.75, 3.05) is 66.0 Å². The lowest BCUT2D eigenvalue weighted by Crippen LogP contribution is -2.52. The van der Waals surface area contributed by atoms with Crippen LogP contribution in [0.25, 0.3) is 0 Å². The number of amides is 1. The number of carbonyl (C=O) groups excluding carboxylic acids is 1. The van der Waals surface area contributed by atoms with E-state index < -0.39 is 0 Å². The van der Waals surface area contributed by atoms with Gasteiger partial charge in [-0.15, -0.1) is 24.8 Å². The molecule has 0 spiro atoms. The summed E-state index contributed by atoms with van der Waals surface area (Å²) in [6, 6.07) is 0. The van der Waals surface area contributed by atoms with E-state index in [0.717, 1.165) is 45.8 Å². The minimum atomic E-state index is 0. The fraction of sp³-hybridized carbons (Fsp3) is 0.944. The van der Waals surface area contributed by atoms with Crippen molar-refractivity contribution in [1.82, 2.24) is 20.4 Å². The van der Waals surface area contributed by atoms with Crippen molar-refractivity contribution in [2.24, 2.45) is 11.3 Å². The molecule has 0 aliphatic carbocycles. The lowest BCUT2D eigenvalue weighted by molar-refractivity contribution is -0.126. The van der Waals surface area contributed by atoms with Crippen LogP contribution in [0, 0.1) is 11.3 Å². The van der Waals surface area contributed by atoms with Gasteiger partial charge in [-0.1, -0.05) is 6.92 Å². The zero-order chi connectivity index (χ0) is 17.0. The van der Waals surface area contributed by atoms with Crippen LogP contribution < -0.4 is 10.6 Å². The van der Waals surface area contributed by atoms with Crippen LogP contribution >= 0.6 is 24.8 Å². The Morgan fingerprint density at radius 3 is 2.54 bits per heavy atom. The van der Waals surface area contributed by atoms with E-state index in [1.165, 1.54) is 32.5 Å². The predicted octanol–water partition coefficient (Wildman–Crippen LogP) is 0.988. The molecule has 0 bridgehead atoms. The monoisotopic (exact) mass is 410 g/mol. The van der Waals surface area contributed by atoms with Crippen LogP contribution in [0.4, 0.5) is 0 Å². The second-order valence-corrected chi connectivity index (χ2v) is 8.28. The van der Waals surface area contributed by atoms with E-state index >= 15 is 0 Å². The van der Waals surface area contributed by atoms with Crippen LogP contribution in [0.15, 0.2) is 0 Å². The lowest BCUT2D eigenvalue weighted by Gasteiger charge is -2.43. The summed E-state index contributed by atoms with van der Waals surface area (Å²) < 4.78 is 5.92. The van der Waals surface area contributed by atoms with Crippen molar-refractivity contribution in [1.29, 1.82) is 0 Å². The Labute approximate surface area is 170 Å². The zero-order valence-corrected chi connectivity index (χ0v) is 17.8. The summed E-state index contributed by atoms with van der Waals surface area (Å²) in [5.41, 5.74) is 0.444. The van der Waals surface area contributed by atoms with Crippen molar-refractivity contribution in [3.63, 3.8) is 0 Å². The molecule has 1 atom stereocenters. The maximum Gasteiger partial charge on any atom is 0.225 e. The van der Waals surface area contributed by atoms with Crippen molar-refractivity contribution in [3.05, 3.63) is 0 Å². The highest BCUT2D eigenvalue weighted by atomic mass is 35.5. The number of rotatable bonds is 6. The maximum absolute atomic E-state index is 11.9. The van der Waals surface area contributed by atoms with Crippen LogP contribution in [-0.2, 0) is 9.53 Å². The van der Waals surface area contributed by atoms with E-state index in [4.69, 9.17) is 4.74 Å². The van der Waals surface area contributed by atoms with Crippen LogP contribution in [0.2, 0.25) is 0 Å². The number of morpholine rings is 1. The Balaban J connectivity index is 0.00000169. The molecular formula is C18H36Cl2N4O2. The SMILES string of the molecule is CN1CCC(C)(CN2CCOC(CCNC(=O)C3CNC3)C2)CC1.Cl.Cl. The van der Waals surface area contributed by atoms with Crippen LogP contribution in [0.1, 0.15) is 26.2 Å². The van der Waals surface area contributed by atoms with Gasteiger partial charge in [0.2, 0.25) is 5.91 Å². The number of ether oxygens (including phenoxy) is 1. The van der Waals surface area contributed by atoms with Crippen molar-refractivity contribution in [2.45, 2.75) is 32.3 Å². The molecule has 2 N–H and O–H groups in total. The van der Waals surface area contributed by atoms with E-state index in [9.17, 15) is 4.79 Å². The lowest BCUT2D eigenvalue weighted by atomic mass is 9.80. The minimum Gasteiger partial charge on any atom is -0.375 e. The first-order chi connectivity index (χ1) is 11.5. The predicted molar refractivity (Wildman–Crippen MR) is 110 cm³/mol. The van der Waals surface area contributed by atoms with Gasteiger partial charge in [-0.3, -0.25) is 9.69 Å². The van der Waals surface area contributed by atoms with Gasteiger partial charge >= 0.3 is 0 Å². The van der Waals surface area contributed by atoms with E-state index in [-0.39, 0.29) is 42.7 Å². The second-order valence-electron chi connectivity index (χ2n) is 8.28. The summed E-state index contributed by atoms with van der Waals surface area (Å²) in [6.45, 7) is 11.3. The number of nitrogens with one attached hydrogen (secondary N) is 2. The normalized spacial score (nSPS) is 26.9. The second kappa shape index (κ2) is 11.0. The molecule has 154 valence electrons. The van der Waals surface area contributed by atoms with Crippen LogP contribution in [-0.4, -0.2) is 87.8 Å². The standard InChI is InChI=1S/C18H34N4O2.2ClH/c1-18(4-7-21(2)8-5-18)14-22-9-10-24-16(13-22)3-6-20-17(23)15-11-19-12-15;;/h15-16,19H,3-14H2,1-2H3,(H,20,23);2*1H. The van der Waals surface area contributed by atoms with Crippen LogP contribution in [0.3, 0.4) is 0 Å². The van der Waals surface area contributed by atoms with Gasteiger partial charge in [-0.05, 0) is 44.8 Å². The molecule has 26 heavy (non-hydrogen) atoms. The molecule has 3 aliphatic heterocycles. The Kier molecular flexibility index (Phi) is 10.1. The first-order valence-corrected chi connectivity index (χ1v) is 9.55. The Bertz CT molecular complexity index is 429. The number of hydrogen-bond donors (Lipinski definition) is 2. The van der Waals surface area contributed by atoms with Gasteiger partial charge in [-0.25, -0.2) is 0 Å². The summed E-state index contributed by atoms with van der Waals surface area (Å²) >= 11 is 0. The summed E-state index contributed by atoms with van der Waals surface area (Å²) in [6.07, 6.45) is 3.75. The molecule has 1 amide bonds. The smallest absolute Gasteiger partial charge is 0.225 e. The number of likely N-dealkylation sites (tertiary alicyclic amines) is 1. The molecule has 3 rings (SSSR count). The van der Waals surface area contributed by atoms with E-state index in [1.807, 2.05) is 0 Å². The van der Waals surface area contributed by atoms with E-state index in [0.29, 0.717) is 5.41 Å². The van der Waals surface area contributed by atoms with Gasteiger partial charge in [0.1, 0.15) is 0 Å². The number of nitrogens with zero attached hydrogens (tertiary/aromatic N) is 2. The van der Waals surface area contributed by atoms with Gasteiger partial charge in [0.15, 0.2) is 0 Å². The van der Waals surface area contributed by atoms with Crippen molar-refractivity contribution in [3.8, 4) is 0 Å². The Hall–Kier alpha value is -0.110. The molecule has 8 heteroatoms. The maximum atomic E-state index is 11.9. The number of carbonyl (C=O) groups is 1. The average molecular weight is 411 g/mol. The zero-order valence-electron chi connectivity index (χ0n) is 16.2. The molecule has 3 heterocycles. The molecular weight excluding hydrogens is 375 g/mol. The first kappa shape index (κ1) is 23.9. The molecule has 0 radical (unpaired) electrons. The third kappa shape index (κ3) is 6.80. The average Bonchev–Trinajstić information content (AvgIpc) is 2.49. The third-order valence-electron chi connectivity index (χ3n) is 5.94. The van der Waals surface area contributed by atoms with Gasteiger partial charge in [0.25, 0.3) is 0 Å². The molecule has 3 aliphatic rings. The molecule has 6 nitrogen and oxygen atoms in total. The number of hydrogen-bond acceptors (Lipinski definition) is 5. The number of halogens is 2. The van der Waals surface area contributed by atoms with Gasteiger partial charge in [0.05, 0.1) is 18.6 Å². The molecule has 0 aromatic rings. The fourth-order valence-corrected chi connectivity index (χ4v) is 3.93. The highest BCUT2D eigenvalue weighted by Gasteiger charge is 2.32. The summed E-state index contributed by atoms with van der Waals surface area (Å²) in [7, 11) is 2.22. The summed E-state index contributed by atoms with van der Waals surface area (Å²) in [5, 5.41) is 6.19. The molecule has 0 aromatic carbocycles. The number of piperidine rings is 1. The Morgan fingerprint density at radius 1 is 1.23 bits per heavy atom. The highest BCUT2D eigenvalue weighted by Crippen LogP contribution is 2.31. The van der Waals surface area contributed by atoms with Crippen molar-refractivity contribution < 1.29 is 9.53 Å². The molecule has 1 unspecified atom stereocenters. The minimum absolute atomic E-state index is 0. The van der Waals surface area contributed by atoms with E-state index in [2.05, 4.69) is 34.4 Å². The largest absolute Gasteiger partial charge is 0.375 e.